The van der Waals surface area contributed by atoms with Crippen molar-refractivity contribution in [3.8, 4) is 5.75 Å². The first kappa shape index (κ1) is 50.7. The van der Waals surface area contributed by atoms with Gasteiger partial charge in [-0.1, -0.05) is 80.1 Å². The van der Waals surface area contributed by atoms with Gasteiger partial charge in [0.15, 0.2) is 0 Å². The van der Waals surface area contributed by atoms with Crippen LogP contribution in [0.3, 0.4) is 0 Å². The molecule has 0 aromatic heterocycles. The predicted octanol–water partition coefficient (Wildman–Crippen LogP) is 8.44. The van der Waals surface area contributed by atoms with Crippen molar-refractivity contribution in [1.29, 1.82) is 0 Å². The van der Waals surface area contributed by atoms with E-state index in [1.54, 1.807) is 0 Å². The lowest BCUT2D eigenvalue weighted by Gasteiger charge is -2.19. The highest BCUT2D eigenvalue weighted by molar-refractivity contribution is 5.70. The molecule has 0 aliphatic carbocycles. The van der Waals surface area contributed by atoms with Crippen LogP contribution in [0.4, 0.5) is 0 Å². The Hall–Kier alpha value is -2.69. The van der Waals surface area contributed by atoms with Crippen molar-refractivity contribution in [2.24, 2.45) is 17.8 Å². The zero-order chi connectivity index (χ0) is 38.5. The van der Waals surface area contributed by atoms with Crippen LogP contribution < -0.4 is 0 Å². The van der Waals surface area contributed by atoms with Gasteiger partial charge in [-0.15, -0.1) is 0 Å². The van der Waals surface area contributed by atoms with E-state index < -0.39 is 17.9 Å². The minimum absolute atomic E-state index is 0.111. The average molecular weight is 698 g/mol. The van der Waals surface area contributed by atoms with E-state index in [0.717, 1.165) is 108 Å². The molecule has 1 aromatic rings. The molecule has 0 aliphatic rings. The molecular formula is C39H75N3O7. The maximum absolute atomic E-state index is 10.4. The van der Waals surface area contributed by atoms with E-state index in [9.17, 15) is 19.5 Å². The van der Waals surface area contributed by atoms with Crippen molar-refractivity contribution in [1.82, 2.24) is 14.7 Å². The summed E-state index contributed by atoms with van der Waals surface area (Å²) in [6.07, 6.45) is 11.1. The summed E-state index contributed by atoms with van der Waals surface area (Å²) < 4.78 is 0. The molecule has 0 saturated heterocycles. The number of aliphatic carboxylic acids is 3. The Labute approximate surface area is 299 Å². The van der Waals surface area contributed by atoms with E-state index in [0.29, 0.717) is 5.75 Å². The summed E-state index contributed by atoms with van der Waals surface area (Å²) in [5.41, 5.74) is 3.25. The standard InChI is InChI=1S/C15H27N3O.3C8H16O2/c1-16(2)9-12-7-13(10-17(3)4)15(19)14(8-12)11-18(5)6;3*1-3-5-6-7(4-2)8(9)10/h7-8,19H,9-11H2,1-6H3;3*7H,3-6H2,1-2H3,(H,9,10). The number of nitrogens with zero attached hydrogens (tertiary/aromatic N) is 3. The van der Waals surface area contributed by atoms with Gasteiger partial charge in [-0.2, -0.15) is 0 Å². The highest BCUT2D eigenvalue weighted by Gasteiger charge is 2.15. The Morgan fingerprint density at radius 3 is 0.980 bits per heavy atom. The molecule has 49 heavy (non-hydrogen) atoms. The Morgan fingerprint density at radius 1 is 0.531 bits per heavy atom. The number of carboxylic acids is 3. The summed E-state index contributed by atoms with van der Waals surface area (Å²) in [6, 6.07) is 4.21. The molecule has 0 amide bonds. The van der Waals surface area contributed by atoms with E-state index in [-0.39, 0.29) is 17.8 Å². The van der Waals surface area contributed by atoms with Gasteiger partial charge in [0.1, 0.15) is 5.75 Å². The van der Waals surface area contributed by atoms with E-state index in [2.05, 4.69) is 61.7 Å². The van der Waals surface area contributed by atoms with Crippen molar-refractivity contribution < 1.29 is 34.8 Å². The summed E-state index contributed by atoms with van der Waals surface area (Å²) in [6.45, 7) is 14.4. The minimum atomic E-state index is -0.643. The topological polar surface area (TPSA) is 142 Å². The lowest BCUT2D eigenvalue weighted by molar-refractivity contribution is -0.143. The third-order valence-corrected chi connectivity index (χ3v) is 8.04. The molecule has 1 rings (SSSR count). The molecule has 3 unspecified atom stereocenters. The molecule has 3 atom stereocenters. The van der Waals surface area contributed by atoms with Crippen molar-refractivity contribution in [3.63, 3.8) is 0 Å². The third kappa shape index (κ3) is 27.8. The minimum Gasteiger partial charge on any atom is -0.507 e. The maximum atomic E-state index is 10.4. The number of phenolic OH excluding ortho intramolecular Hbond substituents is 1. The summed E-state index contributed by atoms with van der Waals surface area (Å²) in [5, 5.41) is 36.2. The van der Waals surface area contributed by atoms with Crippen molar-refractivity contribution in [3.05, 3.63) is 28.8 Å². The Kier molecular flexibility index (Phi) is 32.4. The zero-order valence-electron chi connectivity index (χ0n) is 33.3. The van der Waals surface area contributed by atoms with Gasteiger partial charge < -0.3 is 35.1 Å². The molecule has 0 heterocycles. The number of rotatable bonds is 21. The molecule has 0 radical (unpaired) electrons. The van der Waals surface area contributed by atoms with Crippen LogP contribution in [-0.2, 0) is 34.0 Å². The molecule has 0 aliphatic heterocycles. The van der Waals surface area contributed by atoms with Crippen molar-refractivity contribution >= 4 is 17.9 Å². The van der Waals surface area contributed by atoms with Crippen LogP contribution in [0.5, 0.6) is 5.75 Å². The molecule has 1 aromatic carbocycles. The average Bonchev–Trinajstić information content (AvgIpc) is 3.00. The van der Waals surface area contributed by atoms with Gasteiger partial charge in [-0.3, -0.25) is 14.4 Å². The zero-order valence-corrected chi connectivity index (χ0v) is 33.3. The number of carboxylic acid groups (broad SMARTS) is 3. The van der Waals surface area contributed by atoms with Crippen molar-refractivity contribution in [2.45, 2.75) is 138 Å². The molecule has 0 saturated carbocycles. The van der Waals surface area contributed by atoms with Crippen LogP contribution in [0, 0.1) is 17.8 Å². The van der Waals surface area contributed by atoms with Crippen LogP contribution in [0.2, 0.25) is 0 Å². The van der Waals surface area contributed by atoms with Gasteiger partial charge in [-0.25, -0.2) is 0 Å². The maximum Gasteiger partial charge on any atom is 0.306 e. The van der Waals surface area contributed by atoms with Gasteiger partial charge in [-0.05, 0) is 98.5 Å². The third-order valence-electron chi connectivity index (χ3n) is 8.04. The van der Waals surface area contributed by atoms with E-state index in [4.69, 9.17) is 15.3 Å². The molecule has 288 valence electrons. The van der Waals surface area contributed by atoms with E-state index in [1.807, 2.05) is 49.0 Å². The monoisotopic (exact) mass is 698 g/mol. The van der Waals surface area contributed by atoms with Gasteiger partial charge in [0.25, 0.3) is 0 Å². The summed E-state index contributed by atoms with van der Waals surface area (Å²) >= 11 is 0. The quantitative estimate of drug-likeness (QED) is 0.0989. The normalized spacial score (nSPS) is 12.6. The second-order valence-electron chi connectivity index (χ2n) is 13.7. The number of hydrogen-bond donors (Lipinski definition) is 4. The Balaban J connectivity index is -0.000000610. The van der Waals surface area contributed by atoms with Gasteiger partial charge >= 0.3 is 17.9 Å². The highest BCUT2D eigenvalue weighted by atomic mass is 16.4. The van der Waals surface area contributed by atoms with Crippen LogP contribution in [-0.4, -0.2) is 95.3 Å². The number of carbonyl (C=O) groups is 3. The first-order valence-electron chi connectivity index (χ1n) is 18.4. The summed E-state index contributed by atoms with van der Waals surface area (Å²) in [4.78, 5) is 37.6. The van der Waals surface area contributed by atoms with Gasteiger partial charge in [0.05, 0.1) is 17.8 Å². The predicted molar refractivity (Wildman–Crippen MR) is 203 cm³/mol. The summed E-state index contributed by atoms with van der Waals surface area (Å²) in [5.74, 6) is -1.83. The van der Waals surface area contributed by atoms with Crippen LogP contribution in [0.15, 0.2) is 12.1 Å². The SMILES string of the molecule is CCCCC(CC)C(=O)O.CCCCC(CC)C(=O)O.CCCCC(CC)C(=O)O.CN(C)Cc1cc(CN(C)C)c(O)c(CN(C)C)c1. The first-order chi connectivity index (χ1) is 22.9. The molecule has 10 nitrogen and oxygen atoms in total. The second kappa shape index (κ2) is 31.3. The number of phenols is 1. The Bertz CT molecular complexity index is 906. The van der Waals surface area contributed by atoms with Crippen molar-refractivity contribution in [2.75, 3.05) is 42.3 Å². The Morgan fingerprint density at radius 2 is 0.796 bits per heavy atom. The number of unbranched alkanes of at least 4 members (excludes halogenated alkanes) is 3. The smallest absolute Gasteiger partial charge is 0.306 e. The van der Waals surface area contributed by atoms with Crippen LogP contribution in [0.1, 0.15) is 135 Å². The lowest BCUT2D eigenvalue weighted by atomic mass is 10.00. The fourth-order valence-corrected chi connectivity index (χ4v) is 5.07. The fourth-order valence-electron chi connectivity index (χ4n) is 5.07. The van der Waals surface area contributed by atoms with Crippen LogP contribution in [0.25, 0.3) is 0 Å². The van der Waals surface area contributed by atoms with E-state index in [1.165, 1.54) is 5.56 Å². The molecule has 0 spiro atoms. The summed E-state index contributed by atoms with van der Waals surface area (Å²) in [7, 11) is 12.2. The van der Waals surface area contributed by atoms with Gasteiger partial charge in [0, 0.05) is 30.8 Å². The molecular weight excluding hydrogens is 622 g/mol. The molecule has 10 heteroatoms. The van der Waals surface area contributed by atoms with Gasteiger partial charge in [0.2, 0.25) is 0 Å². The number of hydrogen-bond acceptors (Lipinski definition) is 7. The molecule has 0 fully saturated rings. The molecule has 4 N–H and O–H groups in total. The first-order valence-corrected chi connectivity index (χ1v) is 18.4. The fraction of sp³-hybridized carbons (Fsp3) is 0.769. The second-order valence-corrected chi connectivity index (χ2v) is 13.7. The number of aromatic hydroxyl groups is 1. The van der Waals surface area contributed by atoms with E-state index >= 15 is 0 Å². The lowest BCUT2D eigenvalue weighted by Crippen LogP contribution is -2.16. The highest BCUT2D eigenvalue weighted by Crippen LogP contribution is 2.27. The van der Waals surface area contributed by atoms with Crippen LogP contribution >= 0.6 is 0 Å². The largest absolute Gasteiger partial charge is 0.507 e. The molecule has 0 bridgehead atoms. The number of benzene rings is 1.